The molecule has 2 aliphatic rings. The van der Waals surface area contributed by atoms with Crippen molar-refractivity contribution < 1.29 is 19.4 Å². The number of aryl methyl sites for hydroxylation is 1. The van der Waals surface area contributed by atoms with E-state index in [2.05, 4.69) is 0 Å². The summed E-state index contributed by atoms with van der Waals surface area (Å²) in [6.45, 7) is 2.01. The van der Waals surface area contributed by atoms with Crippen molar-refractivity contribution in [2.75, 3.05) is 26.3 Å². The lowest BCUT2D eigenvalue weighted by Gasteiger charge is -2.36. The molecule has 1 spiro atoms. The van der Waals surface area contributed by atoms with Gasteiger partial charge in [-0.2, -0.15) is 0 Å². The monoisotopic (exact) mass is 351 g/mol. The Morgan fingerprint density at radius 3 is 2.54 bits per heavy atom. The van der Waals surface area contributed by atoms with Crippen LogP contribution in [0.3, 0.4) is 0 Å². The Morgan fingerprint density at radius 2 is 1.92 bits per heavy atom. The summed E-state index contributed by atoms with van der Waals surface area (Å²) >= 11 is 5.87. The molecule has 0 saturated carbocycles. The van der Waals surface area contributed by atoms with Crippen LogP contribution in [-0.2, 0) is 20.7 Å². The highest BCUT2D eigenvalue weighted by atomic mass is 35.5. The molecule has 2 saturated heterocycles. The molecule has 1 atom stereocenters. The number of halogens is 1. The second kappa shape index (κ2) is 7.11. The fourth-order valence-corrected chi connectivity index (χ4v) is 3.97. The van der Waals surface area contributed by atoms with Crippen LogP contribution in [-0.4, -0.2) is 48.2 Å². The van der Waals surface area contributed by atoms with Crippen molar-refractivity contribution in [3.8, 4) is 0 Å². The molecule has 2 aliphatic heterocycles. The maximum Gasteiger partial charge on any atom is 0.308 e. The van der Waals surface area contributed by atoms with E-state index in [1.54, 1.807) is 4.90 Å². The van der Waals surface area contributed by atoms with E-state index in [1.165, 1.54) is 0 Å². The van der Waals surface area contributed by atoms with Crippen molar-refractivity contribution in [3.63, 3.8) is 0 Å². The molecule has 0 bridgehead atoms. The van der Waals surface area contributed by atoms with E-state index in [0.29, 0.717) is 57.0 Å². The van der Waals surface area contributed by atoms with Crippen LogP contribution in [0.1, 0.15) is 24.8 Å². The van der Waals surface area contributed by atoms with Crippen molar-refractivity contribution in [1.82, 2.24) is 4.90 Å². The lowest BCUT2D eigenvalue weighted by molar-refractivity contribution is -0.146. The van der Waals surface area contributed by atoms with Gasteiger partial charge in [0.25, 0.3) is 0 Å². The number of carboxylic acids is 1. The fraction of sp³-hybridized carbons (Fsp3) is 0.556. The predicted molar refractivity (Wildman–Crippen MR) is 90.0 cm³/mol. The third kappa shape index (κ3) is 3.57. The Balaban J connectivity index is 1.63. The van der Waals surface area contributed by atoms with Gasteiger partial charge in [-0.1, -0.05) is 23.7 Å². The quantitative estimate of drug-likeness (QED) is 0.905. The maximum atomic E-state index is 12.6. The number of carboxylic acid groups (broad SMARTS) is 1. The predicted octanol–water partition coefficient (Wildman–Crippen LogP) is 2.61. The molecule has 5 nitrogen and oxygen atoms in total. The minimum absolute atomic E-state index is 0.0274. The smallest absolute Gasteiger partial charge is 0.308 e. The largest absolute Gasteiger partial charge is 0.481 e. The van der Waals surface area contributed by atoms with E-state index in [9.17, 15) is 14.7 Å². The number of amides is 1. The molecule has 1 aromatic carbocycles. The van der Waals surface area contributed by atoms with Crippen molar-refractivity contribution in [3.05, 3.63) is 34.9 Å². The molecule has 6 heteroatoms. The average Bonchev–Trinajstić information content (AvgIpc) is 2.94. The van der Waals surface area contributed by atoms with Gasteiger partial charge in [0.15, 0.2) is 0 Å². The molecule has 1 unspecified atom stereocenters. The van der Waals surface area contributed by atoms with Gasteiger partial charge in [0.05, 0.1) is 5.92 Å². The van der Waals surface area contributed by atoms with Crippen LogP contribution in [0.4, 0.5) is 0 Å². The van der Waals surface area contributed by atoms with Gasteiger partial charge in [-0.3, -0.25) is 9.59 Å². The average molecular weight is 352 g/mol. The second-order valence-electron chi connectivity index (χ2n) is 6.77. The van der Waals surface area contributed by atoms with Crippen molar-refractivity contribution in [2.45, 2.75) is 25.7 Å². The Hall–Kier alpha value is -1.59. The summed E-state index contributed by atoms with van der Waals surface area (Å²) < 4.78 is 5.39. The lowest BCUT2D eigenvalue weighted by atomic mass is 9.72. The summed E-state index contributed by atoms with van der Waals surface area (Å²) in [5.41, 5.74) is 0.738. The number of carbonyl (C=O) groups excluding carboxylic acids is 1. The zero-order valence-electron chi connectivity index (χ0n) is 13.5. The summed E-state index contributed by atoms with van der Waals surface area (Å²) in [6.07, 6.45) is 2.46. The number of likely N-dealkylation sites (tertiary alicyclic amines) is 1. The summed E-state index contributed by atoms with van der Waals surface area (Å²) in [5.74, 6) is -1.26. The van der Waals surface area contributed by atoms with E-state index >= 15 is 0 Å². The summed E-state index contributed by atoms with van der Waals surface area (Å²) in [4.78, 5) is 26.0. The molecule has 1 aromatic rings. The van der Waals surface area contributed by atoms with Crippen LogP contribution >= 0.6 is 11.6 Å². The first-order valence-electron chi connectivity index (χ1n) is 8.33. The van der Waals surface area contributed by atoms with Crippen LogP contribution in [0.2, 0.25) is 5.02 Å². The van der Waals surface area contributed by atoms with Gasteiger partial charge >= 0.3 is 5.97 Å². The van der Waals surface area contributed by atoms with Crippen LogP contribution in [0.5, 0.6) is 0 Å². The van der Waals surface area contributed by atoms with Gasteiger partial charge in [-0.15, -0.1) is 0 Å². The highest BCUT2D eigenvalue weighted by molar-refractivity contribution is 6.30. The number of benzene rings is 1. The first-order valence-corrected chi connectivity index (χ1v) is 8.71. The fourth-order valence-electron chi connectivity index (χ4n) is 3.84. The molecular formula is C18H22ClNO4. The van der Waals surface area contributed by atoms with Gasteiger partial charge in [-0.05, 0) is 37.0 Å². The van der Waals surface area contributed by atoms with E-state index in [4.69, 9.17) is 16.3 Å². The molecule has 0 radical (unpaired) electrons. The number of aliphatic carboxylic acids is 1. The third-order valence-corrected chi connectivity index (χ3v) is 5.58. The molecule has 3 rings (SSSR count). The van der Waals surface area contributed by atoms with Gasteiger partial charge in [0.2, 0.25) is 5.91 Å². The molecule has 1 amide bonds. The number of rotatable bonds is 4. The Morgan fingerprint density at radius 1 is 1.25 bits per heavy atom. The lowest BCUT2D eigenvalue weighted by Crippen LogP contribution is -2.40. The van der Waals surface area contributed by atoms with Crippen molar-refractivity contribution in [1.29, 1.82) is 0 Å². The van der Waals surface area contributed by atoms with Gasteiger partial charge in [0, 0.05) is 43.2 Å². The molecule has 0 aliphatic carbocycles. The number of nitrogens with zero attached hydrogens (tertiary/aromatic N) is 1. The van der Waals surface area contributed by atoms with Gasteiger partial charge in [-0.25, -0.2) is 0 Å². The highest BCUT2D eigenvalue weighted by Gasteiger charge is 2.51. The van der Waals surface area contributed by atoms with Crippen molar-refractivity contribution in [2.24, 2.45) is 11.3 Å². The summed E-state index contributed by atoms with van der Waals surface area (Å²) in [7, 11) is 0. The molecule has 1 N–H and O–H groups in total. The Bertz CT molecular complexity index is 610. The summed E-state index contributed by atoms with van der Waals surface area (Å²) in [5, 5.41) is 10.2. The van der Waals surface area contributed by atoms with E-state index in [1.807, 2.05) is 24.3 Å². The third-order valence-electron chi connectivity index (χ3n) is 5.33. The molecule has 2 heterocycles. The van der Waals surface area contributed by atoms with Crippen LogP contribution in [0, 0.1) is 11.3 Å². The minimum atomic E-state index is -0.801. The van der Waals surface area contributed by atoms with Crippen molar-refractivity contribution >= 4 is 23.5 Å². The number of carbonyl (C=O) groups is 2. The summed E-state index contributed by atoms with van der Waals surface area (Å²) in [6, 6.07) is 7.46. The second-order valence-corrected chi connectivity index (χ2v) is 7.20. The van der Waals surface area contributed by atoms with Crippen LogP contribution in [0.25, 0.3) is 0 Å². The first kappa shape index (κ1) is 17.2. The van der Waals surface area contributed by atoms with Crippen LogP contribution in [0.15, 0.2) is 24.3 Å². The number of ether oxygens (including phenoxy) is 1. The number of hydrogen-bond donors (Lipinski definition) is 1. The molecule has 130 valence electrons. The molecular weight excluding hydrogens is 330 g/mol. The minimum Gasteiger partial charge on any atom is -0.481 e. The Labute approximate surface area is 146 Å². The van der Waals surface area contributed by atoms with Crippen LogP contribution < -0.4 is 0 Å². The van der Waals surface area contributed by atoms with E-state index < -0.39 is 11.9 Å². The van der Waals surface area contributed by atoms with E-state index in [0.717, 1.165) is 5.56 Å². The molecule has 24 heavy (non-hydrogen) atoms. The molecule has 0 aromatic heterocycles. The first-order chi connectivity index (χ1) is 11.5. The zero-order valence-corrected chi connectivity index (χ0v) is 14.3. The normalized spacial score (nSPS) is 22.7. The SMILES string of the molecule is O=C(O)C1CN(C(=O)CCc2ccc(Cl)cc2)CC12CCOCC2. The highest BCUT2D eigenvalue weighted by Crippen LogP contribution is 2.44. The zero-order chi connectivity index (χ0) is 17.2. The number of hydrogen-bond acceptors (Lipinski definition) is 3. The topological polar surface area (TPSA) is 66.8 Å². The standard InChI is InChI=1S/C18H22ClNO4/c19-14-4-1-13(2-5-14)3-6-16(21)20-11-15(17(22)23)18(12-20)7-9-24-10-8-18/h1-2,4-5,15H,3,6-12H2,(H,22,23). The van der Waals surface area contributed by atoms with Gasteiger partial charge < -0.3 is 14.7 Å². The van der Waals surface area contributed by atoms with Gasteiger partial charge in [0.1, 0.15) is 0 Å². The van der Waals surface area contributed by atoms with E-state index in [-0.39, 0.29) is 11.3 Å². The maximum absolute atomic E-state index is 12.6. The molecule has 2 fully saturated rings. The Kier molecular flexibility index (Phi) is 5.11.